The van der Waals surface area contributed by atoms with Crippen molar-refractivity contribution in [2.75, 3.05) is 24.2 Å². The molecule has 9 heteroatoms. The van der Waals surface area contributed by atoms with Crippen molar-refractivity contribution in [1.29, 1.82) is 0 Å². The number of anilines is 1. The highest BCUT2D eigenvalue weighted by Gasteiger charge is 2.27. The van der Waals surface area contributed by atoms with Crippen LogP contribution < -0.4 is 16.4 Å². The monoisotopic (exact) mass is 321 g/mol. The molecule has 0 saturated carbocycles. The first-order chi connectivity index (χ1) is 9.81. The van der Waals surface area contributed by atoms with Crippen molar-refractivity contribution in [2.24, 2.45) is 5.73 Å². The van der Waals surface area contributed by atoms with Crippen LogP contribution >= 0.6 is 11.8 Å². The van der Waals surface area contributed by atoms with Crippen LogP contribution in [-0.2, 0) is 9.59 Å². The van der Waals surface area contributed by atoms with E-state index < -0.39 is 23.7 Å². The summed E-state index contributed by atoms with van der Waals surface area (Å²) in [7, 11) is 0. The Labute approximate surface area is 123 Å². The molecular formula is C12H14F3N3O2S. The maximum atomic E-state index is 12.2. The predicted molar refractivity (Wildman–Crippen MR) is 73.9 cm³/mol. The van der Waals surface area contributed by atoms with Crippen LogP contribution in [0.4, 0.5) is 18.9 Å². The first kappa shape index (κ1) is 17.3. The predicted octanol–water partition coefficient (Wildman–Crippen LogP) is 1.35. The molecule has 21 heavy (non-hydrogen) atoms. The molecule has 0 aliphatic heterocycles. The molecule has 0 saturated heterocycles. The van der Waals surface area contributed by atoms with Gasteiger partial charge in [0.2, 0.25) is 11.8 Å². The van der Waals surface area contributed by atoms with Crippen LogP contribution in [0.2, 0.25) is 0 Å². The Bertz CT molecular complexity index is 509. The van der Waals surface area contributed by atoms with Crippen LogP contribution in [-0.4, -0.2) is 36.8 Å². The number of hydrogen-bond donors (Lipinski definition) is 3. The molecule has 0 aliphatic rings. The van der Waals surface area contributed by atoms with Gasteiger partial charge in [0.25, 0.3) is 0 Å². The minimum absolute atomic E-state index is 0.245. The van der Waals surface area contributed by atoms with Crippen molar-refractivity contribution in [1.82, 2.24) is 5.32 Å². The molecule has 4 N–H and O–H groups in total. The van der Waals surface area contributed by atoms with Gasteiger partial charge in [-0.2, -0.15) is 13.2 Å². The third-order valence-electron chi connectivity index (χ3n) is 2.18. The number of nitrogens with two attached hydrogens (primary N) is 1. The summed E-state index contributed by atoms with van der Waals surface area (Å²) in [5.41, 5.74) is 5.32. The highest BCUT2D eigenvalue weighted by atomic mass is 32.2. The summed E-state index contributed by atoms with van der Waals surface area (Å²) in [6.07, 6.45) is -4.29. The molecule has 0 aliphatic carbocycles. The van der Waals surface area contributed by atoms with Crippen LogP contribution in [0.15, 0.2) is 29.2 Å². The Morgan fingerprint density at radius 1 is 1.19 bits per heavy atom. The van der Waals surface area contributed by atoms with E-state index in [2.05, 4.69) is 10.6 Å². The Morgan fingerprint density at radius 3 is 2.48 bits per heavy atom. The lowest BCUT2D eigenvalue weighted by molar-refractivity contribution is -0.123. The number of rotatable bonds is 6. The lowest BCUT2D eigenvalue weighted by Crippen LogP contribution is -2.36. The average Bonchev–Trinajstić information content (AvgIpc) is 2.43. The Balaban J connectivity index is 2.62. The fourth-order valence-corrected chi connectivity index (χ4v) is 2.07. The van der Waals surface area contributed by atoms with Gasteiger partial charge in [-0.1, -0.05) is 12.1 Å². The minimum Gasteiger partial charge on any atom is -0.346 e. The van der Waals surface area contributed by atoms with Gasteiger partial charge in [0.1, 0.15) is 0 Å². The number of benzene rings is 1. The van der Waals surface area contributed by atoms with E-state index in [1.807, 2.05) is 0 Å². The van der Waals surface area contributed by atoms with E-state index in [1.165, 1.54) is 12.1 Å². The number of hydrogen-bond acceptors (Lipinski definition) is 4. The zero-order valence-electron chi connectivity index (χ0n) is 10.9. The number of amides is 2. The highest BCUT2D eigenvalue weighted by Crippen LogP contribution is 2.31. The van der Waals surface area contributed by atoms with Gasteiger partial charge in [-0.15, -0.1) is 11.8 Å². The van der Waals surface area contributed by atoms with Gasteiger partial charge in [0.15, 0.2) is 0 Å². The normalized spacial score (nSPS) is 11.0. The van der Waals surface area contributed by atoms with Crippen molar-refractivity contribution in [2.45, 2.75) is 11.1 Å². The molecule has 0 unspecified atom stereocenters. The van der Waals surface area contributed by atoms with Crippen molar-refractivity contribution >= 4 is 29.3 Å². The topological polar surface area (TPSA) is 84.2 Å². The highest BCUT2D eigenvalue weighted by molar-refractivity contribution is 7.99. The summed E-state index contributed by atoms with van der Waals surface area (Å²) in [5.74, 6) is -2.09. The van der Waals surface area contributed by atoms with Crippen LogP contribution in [0, 0.1) is 0 Å². The van der Waals surface area contributed by atoms with E-state index in [1.54, 1.807) is 12.1 Å². The van der Waals surface area contributed by atoms with E-state index in [0.29, 0.717) is 16.7 Å². The molecule has 1 aromatic carbocycles. The number of carbonyl (C=O) groups is 2. The molecule has 1 rings (SSSR count). The lowest BCUT2D eigenvalue weighted by atomic mass is 10.3. The van der Waals surface area contributed by atoms with E-state index in [0.717, 1.165) is 0 Å². The van der Waals surface area contributed by atoms with E-state index >= 15 is 0 Å². The summed E-state index contributed by atoms with van der Waals surface area (Å²) in [4.78, 5) is 22.8. The molecular weight excluding hydrogens is 307 g/mol. The second kappa shape index (κ2) is 7.89. The third-order valence-corrected chi connectivity index (χ3v) is 3.32. The van der Waals surface area contributed by atoms with Gasteiger partial charge in [0, 0.05) is 4.90 Å². The maximum absolute atomic E-state index is 12.2. The third kappa shape index (κ3) is 7.00. The zero-order valence-corrected chi connectivity index (χ0v) is 11.7. The number of alkyl halides is 3. The first-order valence-electron chi connectivity index (χ1n) is 5.87. The standard InChI is InChI=1S/C12H14F3N3O2S/c13-12(14,15)7-21-9-4-2-1-3-8(9)18-11(20)6-17-10(19)5-16/h1-4H,5-7,16H2,(H,17,19)(H,18,20). The van der Waals surface area contributed by atoms with E-state index in [9.17, 15) is 22.8 Å². The number of para-hydroxylation sites is 1. The second-order valence-electron chi connectivity index (χ2n) is 3.93. The lowest BCUT2D eigenvalue weighted by Gasteiger charge is -2.12. The molecule has 0 fully saturated rings. The van der Waals surface area contributed by atoms with E-state index in [-0.39, 0.29) is 18.8 Å². The van der Waals surface area contributed by atoms with Crippen LogP contribution in [0.25, 0.3) is 0 Å². The summed E-state index contributed by atoms with van der Waals surface area (Å²) in [6, 6.07) is 6.13. The fraction of sp³-hybridized carbons (Fsp3) is 0.333. The summed E-state index contributed by atoms with van der Waals surface area (Å²) in [5, 5.41) is 4.71. The van der Waals surface area contributed by atoms with E-state index in [4.69, 9.17) is 5.73 Å². The quantitative estimate of drug-likeness (QED) is 0.691. The minimum atomic E-state index is -4.29. The Kier molecular flexibility index (Phi) is 6.50. The van der Waals surface area contributed by atoms with Crippen LogP contribution in [0.1, 0.15) is 0 Å². The largest absolute Gasteiger partial charge is 0.398 e. The summed E-state index contributed by atoms with van der Waals surface area (Å²) < 4.78 is 36.6. The molecule has 0 radical (unpaired) electrons. The average molecular weight is 321 g/mol. The molecule has 0 spiro atoms. The maximum Gasteiger partial charge on any atom is 0.398 e. The molecule has 116 valence electrons. The molecule has 1 aromatic rings. The Morgan fingerprint density at radius 2 is 1.86 bits per heavy atom. The molecule has 0 atom stereocenters. The van der Waals surface area contributed by atoms with Crippen molar-refractivity contribution in [3.05, 3.63) is 24.3 Å². The molecule has 0 bridgehead atoms. The number of carbonyl (C=O) groups excluding carboxylic acids is 2. The second-order valence-corrected chi connectivity index (χ2v) is 4.95. The summed E-state index contributed by atoms with van der Waals surface area (Å²) in [6.45, 7) is -0.542. The van der Waals surface area contributed by atoms with Gasteiger partial charge >= 0.3 is 6.18 Å². The van der Waals surface area contributed by atoms with Gasteiger partial charge in [-0.25, -0.2) is 0 Å². The van der Waals surface area contributed by atoms with Gasteiger partial charge in [-0.05, 0) is 12.1 Å². The van der Waals surface area contributed by atoms with Crippen molar-refractivity contribution in [3.63, 3.8) is 0 Å². The number of nitrogens with one attached hydrogen (secondary N) is 2. The molecule has 2 amide bonds. The molecule has 5 nitrogen and oxygen atoms in total. The van der Waals surface area contributed by atoms with Crippen LogP contribution in [0.3, 0.4) is 0 Å². The first-order valence-corrected chi connectivity index (χ1v) is 6.85. The molecule has 0 heterocycles. The summed E-state index contributed by atoms with van der Waals surface area (Å²) >= 11 is 0.578. The number of halogens is 3. The van der Waals surface area contributed by atoms with Gasteiger partial charge in [-0.3, -0.25) is 9.59 Å². The van der Waals surface area contributed by atoms with Gasteiger partial charge < -0.3 is 16.4 Å². The van der Waals surface area contributed by atoms with Crippen LogP contribution in [0.5, 0.6) is 0 Å². The van der Waals surface area contributed by atoms with Crippen molar-refractivity contribution < 1.29 is 22.8 Å². The smallest absolute Gasteiger partial charge is 0.346 e. The fourth-order valence-electron chi connectivity index (χ4n) is 1.30. The Hall–Kier alpha value is -1.74. The van der Waals surface area contributed by atoms with Crippen molar-refractivity contribution in [3.8, 4) is 0 Å². The van der Waals surface area contributed by atoms with Gasteiger partial charge in [0.05, 0.1) is 24.5 Å². The number of thioether (sulfide) groups is 1. The molecule has 0 aromatic heterocycles. The zero-order chi connectivity index (χ0) is 15.9. The SMILES string of the molecule is NCC(=O)NCC(=O)Nc1ccccc1SCC(F)(F)F.